The standard InChI is InChI=1S/C14H21N5/c1-11(2)13-6-4-12(5-7-13)10-19-17-14(16-18-19)8-9-15-3/h4-7,11,15H,8-10H2,1-3H3. The summed E-state index contributed by atoms with van der Waals surface area (Å²) in [6.07, 6.45) is 0.808. The van der Waals surface area contributed by atoms with Gasteiger partial charge in [0.1, 0.15) is 0 Å². The van der Waals surface area contributed by atoms with Gasteiger partial charge in [0.2, 0.25) is 0 Å². The summed E-state index contributed by atoms with van der Waals surface area (Å²) in [5.74, 6) is 1.35. The number of rotatable bonds is 6. The smallest absolute Gasteiger partial charge is 0.176 e. The Kier molecular flexibility index (Phi) is 4.63. The summed E-state index contributed by atoms with van der Waals surface area (Å²) in [5.41, 5.74) is 2.55. The van der Waals surface area contributed by atoms with Gasteiger partial charge in [0.05, 0.1) is 6.54 Å². The molecule has 0 spiro atoms. The molecule has 0 aliphatic rings. The van der Waals surface area contributed by atoms with E-state index in [0.29, 0.717) is 12.5 Å². The lowest BCUT2D eigenvalue weighted by Crippen LogP contribution is -2.11. The van der Waals surface area contributed by atoms with Crippen molar-refractivity contribution in [2.75, 3.05) is 13.6 Å². The summed E-state index contributed by atoms with van der Waals surface area (Å²) in [6, 6.07) is 8.59. The van der Waals surface area contributed by atoms with E-state index in [9.17, 15) is 0 Å². The summed E-state index contributed by atoms with van der Waals surface area (Å²) in [5, 5.41) is 15.5. The number of hydrogen-bond donors (Lipinski definition) is 1. The average Bonchev–Trinajstić information content (AvgIpc) is 2.84. The molecule has 0 amide bonds. The highest BCUT2D eigenvalue weighted by Crippen LogP contribution is 2.14. The summed E-state index contributed by atoms with van der Waals surface area (Å²) in [7, 11) is 1.92. The van der Waals surface area contributed by atoms with Crippen LogP contribution in [0.1, 0.15) is 36.7 Å². The van der Waals surface area contributed by atoms with E-state index in [4.69, 9.17) is 0 Å². The van der Waals surface area contributed by atoms with E-state index in [1.807, 2.05) is 7.05 Å². The van der Waals surface area contributed by atoms with E-state index >= 15 is 0 Å². The van der Waals surface area contributed by atoms with Gasteiger partial charge in [-0.2, -0.15) is 4.80 Å². The van der Waals surface area contributed by atoms with Gasteiger partial charge in [0.15, 0.2) is 5.82 Å². The molecule has 19 heavy (non-hydrogen) atoms. The van der Waals surface area contributed by atoms with Gasteiger partial charge < -0.3 is 5.32 Å². The second-order valence-corrected chi connectivity index (χ2v) is 4.99. The lowest BCUT2D eigenvalue weighted by molar-refractivity contribution is 0.569. The predicted octanol–water partition coefficient (Wildman–Crippen LogP) is 1.61. The predicted molar refractivity (Wildman–Crippen MR) is 75.1 cm³/mol. The highest BCUT2D eigenvalue weighted by Gasteiger charge is 2.04. The van der Waals surface area contributed by atoms with Crippen LogP contribution in [0.3, 0.4) is 0 Å². The molecule has 0 radical (unpaired) electrons. The monoisotopic (exact) mass is 259 g/mol. The highest BCUT2D eigenvalue weighted by molar-refractivity contribution is 5.24. The zero-order valence-electron chi connectivity index (χ0n) is 11.8. The number of nitrogens with one attached hydrogen (secondary N) is 1. The average molecular weight is 259 g/mol. The molecule has 0 fully saturated rings. The molecule has 102 valence electrons. The quantitative estimate of drug-likeness (QED) is 0.856. The maximum atomic E-state index is 4.36. The lowest BCUT2D eigenvalue weighted by atomic mass is 10.0. The molecule has 0 atom stereocenters. The van der Waals surface area contributed by atoms with Gasteiger partial charge >= 0.3 is 0 Å². The van der Waals surface area contributed by atoms with Gasteiger partial charge in [0, 0.05) is 13.0 Å². The van der Waals surface area contributed by atoms with Gasteiger partial charge in [-0.15, -0.1) is 10.2 Å². The minimum Gasteiger partial charge on any atom is -0.319 e. The van der Waals surface area contributed by atoms with Gasteiger partial charge in [-0.3, -0.25) is 0 Å². The van der Waals surface area contributed by atoms with E-state index < -0.39 is 0 Å². The van der Waals surface area contributed by atoms with Crippen molar-refractivity contribution in [2.45, 2.75) is 32.7 Å². The van der Waals surface area contributed by atoms with Crippen molar-refractivity contribution in [3.8, 4) is 0 Å². The number of benzene rings is 1. The van der Waals surface area contributed by atoms with Crippen LogP contribution in [0.15, 0.2) is 24.3 Å². The molecule has 1 heterocycles. The van der Waals surface area contributed by atoms with Crippen LogP contribution in [0.5, 0.6) is 0 Å². The molecule has 0 aliphatic carbocycles. The Morgan fingerprint density at radius 1 is 1.21 bits per heavy atom. The van der Waals surface area contributed by atoms with Crippen molar-refractivity contribution >= 4 is 0 Å². The van der Waals surface area contributed by atoms with Crippen molar-refractivity contribution in [3.05, 3.63) is 41.2 Å². The van der Waals surface area contributed by atoms with Crippen LogP contribution < -0.4 is 5.32 Å². The molecule has 0 unspecified atom stereocenters. The molecule has 2 aromatic rings. The largest absolute Gasteiger partial charge is 0.319 e. The molecule has 0 saturated carbocycles. The Balaban J connectivity index is 1.98. The summed E-state index contributed by atoms with van der Waals surface area (Å²) in [6.45, 7) is 5.93. The van der Waals surface area contributed by atoms with Crippen LogP contribution in [0.25, 0.3) is 0 Å². The van der Waals surface area contributed by atoms with Crippen LogP contribution >= 0.6 is 0 Å². The van der Waals surface area contributed by atoms with Gasteiger partial charge in [-0.25, -0.2) is 0 Å². The minimum absolute atomic E-state index is 0.562. The molecule has 0 bridgehead atoms. The van der Waals surface area contributed by atoms with Crippen molar-refractivity contribution < 1.29 is 0 Å². The number of likely N-dealkylation sites (N-methyl/N-ethyl adjacent to an activating group) is 1. The van der Waals surface area contributed by atoms with Crippen molar-refractivity contribution in [1.29, 1.82) is 0 Å². The van der Waals surface area contributed by atoms with Crippen LogP contribution in [0, 0.1) is 0 Å². The van der Waals surface area contributed by atoms with E-state index in [1.54, 1.807) is 4.80 Å². The zero-order chi connectivity index (χ0) is 13.7. The van der Waals surface area contributed by atoms with E-state index in [0.717, 1.165) is 18.8 Å². The summed E-state index contributed by atoms with van der Waals surface area (Å²) >= 11 is 0. The Hall–Kier alpha value is -1.75. The highest BCUT2D eigenvalue weighted by atomic mass is 15.6. The van der Waals surface area contributed by atoms with Gasteiger partial charge in [0.25, 0.3) is 0 Å². The number of tetrazole rings is 1. The second-order valence-electron chi connectivity index (χ2n) is 4.99. The molecule has 2 rings (SSSR count). The first-order valence-electron chi connectivity index (χ1n) is 6.69. The first-order valence-corrected chi connectivity index (χ1v) is 6.69. The van der Waals surface area contributed by atoms with Crippen molar-refractivity contribution in [1.82, 2.24) is 25.5 Å². The molecule has 1 aromatic heterocycles. The number of aromatic nitrogens is 4. The van der Waals surface area contributed by atoms with E-state index in [-0.39, 0.29) is 0 Å². The molecule has 0 saturated heterocycles. The fraction of sp³-hybridized carbons (Fsp3) is 0.500. The van der Waals surface area contributed by atoms with Crippen LogP contribution in [0.4, 0.5) is 0 Å². The third-order valence-corrected chi connectivity index (χ3v) is 3.06. The maximum absolute atomic E-state index is 4.36. The number of hydrogen-bond acceptors (Lipinski definition) is 4. The van der Waals surface area contributed by atoms with E-state index in [2.05, 4.69) is 58.8 Å². The van der Waals surface area contributed by atoms with Crippen LogP contribution in [-0.4, -0.2) is 33.8 Å². The molecule has 5 nitrogen and oxygen atoms in total. The Bertz CT molecular complexity index is 501. The fourth-order valence-corrected chi connectivity index (χ4v) is 1.85. The molecular weight excluding hydrogens is 238 g/mol. The molecule has 0 aliphatic heterocycles. The Morgan fingerprint density at radius 2 is 1.95 bits per heavy atom. The maximum Gasteiger partial charge on any atom is 0.176 e. The summed E-state index contributed by atoms with van der Waals surface area (Å²) < 4.78 is 0. The molecular formula is C14H21N5. The van der Waals surface area contributed by atoms with Crippen LogP contribution in [0.2, 0.25) is 0 Å². The van der Waals surface area contributed by atoms with Crippen molar-refractivity contribution in [3.63, 3.8) is 0 Å². The number of nitrogens with zero attached hydrogens (tertiary/aromatic N) is 4. The fourth-order valence-electron chi connectivity index (χ4n) is 1.85. The minimum atomic E-state index is 0.562. The SMILES string of the molecule is CNCCc1nnn(Cc2ccc(C(C)C)cc2)n1. The molecule has 5 heteroatoms. The topological polar surface area (TPSA) is 55.6 Å². The van der Waals surface area contributed by atoms with E-state index in [1.165, 1.54) is 11.1 Å². The third-order valence-electron chi connectivity index (χ3n) is 3.06. The second kappa shape index (κ2) is 6.43. The van der Waals surface area contributed by atoms with Crippen LogP contribution in [-0.2, 0) is 13.0 Å². The normalized spacial score (nSPS) is 11.2. The Morgan fingerprint density at radius 3 is 2.58 bits per heavy atom. The Labute approximate surface area is 114 Å². The van der Waals surface area contributed by atoms with Crippen molar-refractivity contribution in [2.24, 2.45) is 0 Å². The van der Waals surface area contributed by atoms with Gasteiger partial charge in [-0.1, -0.05) is 38.1 Å². The first kappa shape index (κ1) is 13.7. The third kappa shape index (κ3) is 3.86. The van der Waals surface area contributed by atoms with Gasteiger partial charge in [-0.05, 0) is 29.3 Å². The molecule has 1 N–H and O–H groups in total. The first-order chi connectivity index (χ1) is 9.19. The lowest BCUT2D eigenvalue weighted by Gasteiger charge is -2.06. The molecule has 1 aromatic carbocycles. The zero-order valence-corrected chi connectivity index (χ0v) is 11.8. The summed E-state index contributed by atoms with van der Waals surface area (Å²) in [4.78, 5) is 1.65.